The van der Waals surface area contributed by atoms with Gasteiger partial charge in [0.2, 0.25) is 0 Å². The Kier molecular flexibility index (Phi) is 6.31. The summed E-state index contributed by atoms with van der Waals surface area (Å²) in [4.78, 5) is 10.3. The fraction of sp³-hybridized carbons (Fsp3) is 0.0435. The molecule has 1 aliphatic carbocycles. The zero-order valence-electron chi connectivity index (χ0n) is 26.7. The summed E-state index contributed by atoms with van der Waals surface area (Å²) in [6, 6.07) is 58.1. The molecular formula is C46H30N2O. The van der Waals surface area contributed by atoms with Crippen molar-refractivity contribution in [2.75, 3.05) is 0 Å². The lowest BCUT2D eigenvalue weighted by Crippen LogP contribution is -2.12. The lowest BCUT2D eigenvalue weighted by Gasteiger charge is -2.29. The Hall–Kier alpha value is -6.32. The average Bonchev–Trinajstić information content (AvgIpc) is 3.56. The molecular weight excluding hydrogens is 597 g/mol. The van der Waals surface area contributed by atoms with E-state index in [9.17, 15) is 0 Å². The maximum absolute atomic E-state index is 6.48. The third kappa shape index (κ3) is 4.58. The molecule has 2 heterocycles. The molecule has 0 spiro atoms. The Morgan fingerprint density at radius 3 is 2.12 bits per heavy atom. The van der Waals surface area contributed by atoms with Crippen LogP contribution in [0, 0.1) is 0 Å². The van der Waals surface area contributed by atoms with Crippen LogP contribution in [-0.2, 0) is 6.42 Å². The SMILES string of the molecule is c1ccc(-c2ccc3c(c2)-c2ccccc2C(c2ccc4oc5cccc(-c6nc(-c7ccccc7)c7ccccc7n6)c5c4c2)C3)cc1. The molecule has 230 valence electrons. The minimum atomic E-state index is 0.217. The highest BCUT2D eigenvalue weighted by atomic mass is 16.3. The lowest BCUT2D eigenvalue weighted by molar-refractivity contribution is 0.668. The van der Waals surface area contributed by atoms with Gasteiger partial charge in [0.1, 0.15) is 11.2 Å². The van der Waals surface area contributed by atoms with Crippen LogP contribution >= 0.6 is 0 Å². The highest BCUT2D eigenvalue weighted by molar-refractivity contribution is 6.12. The van der Waals surface area contributed by atoms with Crippen LogP contribution in [0.4, 0.5) is 0 Å². The molecule has 9 aromatic rings. The Morgan fingerprint density at radius 2 is 1.24 bits per heavy atom. The van der Waals surface area contributed by atoms with Crippen molar-refractivity contribution in [3.05, 3.63) is 180 Å². The number of nitrogens with zero attached hydrogens (tertiary/aromatic N) is 2. The molecule has 3 heteroatoms. The van der Waals surface area contributed by atoms with Crippen LogP contribution in [0.5, 0.6) is 0 Å². The van der Waals surface area contributed by atoms with E-state index in [-0.39, 0.29) is 5.92 Å². The number of furan rings is 1. The molecule has 49 heavy (non-hydrogen) atoms. The summed E-state index contributed by atoms with van der Waals surface area (Å²) in [7, 11) is 0. The highest BCUT2D eigenvalue weighted by Crippen LogP contribution is 2.46. The number of rotatable bonds is 4. The molecule has 0 bridgehead atoms. The summed E-state index contributed by atoms with van der Waals surface area (Å²) >= 11 is 0. The molecule has 0 aliphatic heterocycles. The quantitative estimate of drug-likeness (QED) is 0.195. The van der Waals surface area contributed by atoms with Gasteiger partial charge in [-0.25, -0.2) is 9.97 Å². The molecule has 0 amide bonds. The Morgan fingerprint density at radius 1 is 0.490 bits per heavy atom. The number of aromatic nitrogens is 2. The molecule has 10 rings (SSSR count). The monoisotopic (exact) mass is 626 g/mol. The maximum Gasteiger partial charge on any atom is 0.161 e. The van der Waals surface area contributed by atoms with Gasteiger partial charge in [-0.1, -0.05) is 133 Å². The first kappa shape index (κ1) is 27.8. The van der Waals surface area contributed by atoms with Gasteiger partial charge >= 0.3 is 0 Å². The van der Waals surface area contributed by atoms with Crippen LogP contribution in [-0.4, -0.2) is 9.97 Å². The number of benzene rings is 7. The van der Waals surface area contributed by atoms with Crippen molar-refractivity contribution in [1.29, 1.82) is 0 Å². The van der Waals surface area contributed by atoms with E-state index in [2.05, 4.69) is 133 Å². The van der Waals surface area contributed by atoms with Crippen molar-refractivity contribution in [3.8, 4) is 44.9 Å². The second-order valence-corrected chi connectivity index (χ2v) is 12.9. The fourth-order valence-electron chi connectivity index (χ4n) is 7.75. The summed E-state index contributed by atoms with van der Waals surface area (Å²) in [5.74, 6) is 0.914. The number of hydrogen-bond acceptors (Lipinski definition) is 3. The van der Waals surface area contributed by atoms with E-state index in [1.165, 1.54) is 38.9 Å². The van der Waals surface area contributed by atoms with E-state index in [1.54, 1.807) is 0 Å². The van der Waals surface area contributed by atoms with E-state index in [0.29, 0.717) is 5.82 Å². The average molecular weight is 627 g/mol. The Bertz CT molecular complexity index is 2690. The van der Waals surface area contributed by atoms with Crippen molar-refractivity contribution in [2.24, 2.45) is 0 Å². The van der Waals surface area contributed by atoms with Crippen molar-refractivity contribution < 1.29 is 4.42 Å². The van der Waals surface area contributed by atoms with Crippen LogP contribution in [0.25, 0.3) is 77.7 Å². The first-order valence-electron chi connectivity index (χ1n) is 16.8. The van der Waals surface area contributed by atoms with E-state index < -0.39 is 0 Å². The second kappa shape index (κ2) is 11.1. The fourth-order valence-corrected chi connectivity index (χ4v) is 7.75. The molecule has 0 saturated heterocycles. The van der Waals surface area contributed by atoms with Crippen molar-refractivity contribution in [1.82, 2.24) is 9.97 Å². The minimum Gasteiger partial charge on any atom is -0.456 e. The van der Waals surface area contributed by atoms with Gasteiger partial charge in [0.15, 0.2) is 5.82 Å². The summed E-state index contributed by atoms with van der Waals surface area (Å²) in [6.45, 7) is 0. The maximum atomic E-state index is 6.48. The first-order chi connectivity index (χ1) is 24.3. The van der Waals surface area contributed by atoms with Crippen molar-refractivity contribution >= 4 is 32.8 Å². The standard InChI is InChI=1S/C46H30N2O/c1-3-12-29(13-4-1)31-22-23-32-27-39(35-17-8-7-16-34(35)38(32)26-31)33-24-25-42-40(28-33)44-37(19-11-21-43(44)49-42)46-47-41-20-10-9-18-36(41)45(48-46)30-14-5-2-6-15-30/h1-26,28,39H,27H2. The van der Waals surface area contributed by atoms with Gasteiger partial charge in [-0.15, -0.1) is 0 Å². The van der Waals surface area contributed by atoms with E-state index in [4.69, 9.17) is 14.4 Å². The van der Waals surface area contributed by atoms with Gasteiger partial charge < -0.3 is 4.42 Å². The van der Waals surface area contributed by atoms with Gasteiger partial charge in [0.25, 0.3) is 0 Å². The third-order valence-corrected chi connectivity index (χ3v) is 10.1. The van der Waals surface area contributed by atoms with Crippen molar-refractivity contribution in [3.63, 3.8) is 0 Å². The van der Waals surface area contributed by atoms with Gasteiger partial charge in [-0.05, 0) is 75.7 Å². The largest absolute Gasteiger partial charge is 0.456 e. The van der Waals surface area contributed by atoms with E-state index in [0.717, 1.165) is 56.1 Å². The predicted octanol–water partition coefficient (Wildman–Crippen LogP) is 11.9. The first-order valence-corrected chi connectivity index (χ1v) is 16.8. The van der Waals surface area contributed by atoms with E-state index in [1.807, 2.05) is 30.3 Å². The number of hydrogen-bond donors (Lipinski definition) is 0. The zero-order chi connectivity index (χ0) is 32.3. The summed E-state index contributed by atoms with van der Waals surface area (Å²) in [5, 5.41) is 3.17. The molecule has 0 saturated carbocycles. The molecule has 3 nitrogen and oxygen atoms in total. The van der Waals surface area contributed by atoms with Crippen LogP contribution in [0.2, 0.25) is 0 Å². The smallest absolute Gasteiger partial charge is 0.161 e. The van der Waals surface area contributed by atoms with Crippen LogP contribution < -0.4 is 0 Å². The van der Waals surface area contributed by atoms with E-state index >= 15 is 0 Å². The predicted molar refractivity (Wildman–Crippen MR) is 201 cm³/mol. The molecule has 1 unspecified atom stereocenters. The number of para-hydroxylation sites is 1. The van der Waals surface area contributed by atoms with Gasteiger partial charge in [-0.2, -0.15) is 0 Å². The second-order valence-electron chi connectivity index (χ2n) is 12.9. The van der Waals surface area contributed by atoms with Crippen molar-refractivity contribution in [2.45, 2.75) is 12.3 Å². The van der Waals surface area contributed by atoms with Gasteiger partial charge in [0, 0.05) is 33.2 Å². The molecule has 2 aromatic heterocycles. The molecule has 0 N–H and O–H groups in total. The van der Waals surface area contributed by atoms with Crippen LogP contribution in [0.1, 0.15) is 22.6 Å². The third-order valence-electron chi connectivity index (χ3n) is 10.1. The Labute approximate surface area is 284 Å². The van der Waals surface area contributed by atoms with Gasteiger partial charge in [-0.3, -0.25) is 0 Å². The Balaban J connectivity index is 1.13. The minimum absolute atomic E-state index is 0.217. The number of fused-ring (bicyclic) bond motifs is 7. The zero-order valence-corrected chi connectivity index (χ0v) is 26.7. The topological polar surface area (TPSA) is 38.9 Å². The van der Waals surface area contributed by atoms with Gasteiger partial charge in [0.05, 0.1) is 11.2 Å². The lowest BCUT2D eigenvalue weighted by atomic mass is 9.75. The molecule has 0 fully saturated rings. The normalized spacial score (nSPS) is 13.8. The molecule has 1 atom stereocenters. The van der Waals surface area contributed by atoms with Crippen LogP contribution in [0.3, 0.4) is 0 Å². The summed E-state index contributed by atoms with van der Waals surface area (Å²) in [6.07, 6.45) is 0.934. The van der Waals surface area contributed by atoms with Crippen LogP contribution in [0.15, 0.2) is 168 Å². The molecule has 7 aromatic carbocycles. The summed E-state index contributed by atoms with van der Waals surface area (Å²) < 4.78 is 6.48. The molecule has 0 radical (unpaired) electrons. The highest BCUT2D eigenvalue weighted by Gasteiger charge is 2.27. The molecule has 1 aliphatic rings. The summed E-state index contributed by atoms with van der Waals surface area (Å²) in [5.41, 5.74) is 14.7.